The van der Waals surface area contributed by atoms with Gasteiger partial charge in [0.1, 0.15) is 17.2 Å². The number of rotatable bonds is 9. The number of methoxy groups -OCH3 is 1. The standard InChI is InChI=1S/C28H28N2O4/c1-4-16-34-24-7-5-6-22(17-24)29-26-25(21-12-8-19(2)9-13-21)27(31)30(28(26)32)18-20-10-14-23(33-3)15-11-20/h5-15,17,29H,4,16,18H2,1-3H3. The first-order valence-electron chi connectivity index (χ1n) is 11.3. The molecule has 6 heteroatoms. The Morgan fingerprint density at radius 3 is 2.29 bits per heavy atom. The summed E-state index contributed by atoms with van der Waals surface area (Å²) in [5.41, 5.74) is 3.91. The minimum atomic E-state index is -0.365. The van der Waals surface area contributed by atoms with Gasteiger partial charge in [-0.3, -0.25) is 14.5 Å². The number of hydrogen-bond acceptors (Lipinski definition) is 5. The average Bonchev–Trinajstić information content (AvgIpc) is 3.08. The number of amides is 2. The van der Waals surface area contributed by atoms with Crippen LogP contribution in [0, 0.1) is 6.92 Å². The Morgan fingerprint density at radius 2 is 1.62 bits per heavy atom. The maximum absolute atomic E-state index is 13.5. The smallest absolute Gasteiger partial charge is 0.278 e. The lowest BCUT2D eigenvalue weighted by molar-refractivity contribution is -0.137. The summed E-state index contributed by atoms with van der Waals surface area (Å²) in [5, 5.41) is 3.20. The van der Waals surface area contributed by atoms with E-state index in [1.165, 1.54) is 4.90 Å². The summed E-state index contributed by atoms with van der Waals surface area (Å²) in [7, 11) is 1.60. The Morgan fingerprint density at radius 1 is 0.882 bits per heavy atom. The predicted octanol–water partition coefficient (Wildman–Crippen LogP) is 5.18. The number of imide groups is 1. The highest BCUT2D eigenvalue weighted by Gasteiger charge is 2.39. The van der Waals surface area contributed by atoms with E-state index in [2.05, 4.69) is 5.32 Å². The Kier molecular flexibility index (Phi) is 6.97. The van der Waals surface area contributed by atoms with Crippen molar-refractivity contribution in [3.8, 4) is 11.5 Å². The van der Waals surface area contributed by atoms with Crippen LogP contribution in [0.5, 0.6) is 11.5 Å². The quantitative estimate of drug-likeness (QED) is 0.449. The Hall–Kier alpha value is -4.06. The molecule has 2 amide bonds. The summed E-state index contributed by atoms with van der Waals surface area (Å²) >= 11 is 0. The maximum atomic E-state index is 13.5. The lowest BCUT2D eigenvalue weighted by atomic mass is 10.0. The highest BCUT2D eigenvalue weighted by atomic mass is 16.5. The molecule has 0 fully saturated rings. The van der Waals surface area contributed by atoms with Crippen molar-refractivity contribution in [3.63, 3.8) is 0 Å². The Labute approximate surface area is 199 Å². The minimum absolute atomic E-state index is 0.169. The molecule has 0 saturated heterocycles. The minimum Gasteiger partial charge on any atom is -0.497 e. The second kappa shape index (κ2) is 10.3. The van der Waals surface area contributed by atoms with Crippen molar-refractivity contribution in [3.05, 3.63) is 95.2 Å². The van der Waals surface area contributed by atoms with Gasteiger partial charge in [-0.15, -0.1) is 0 Å². The third-order valence-corrected chi connectivity index (χ3v) is 5.58. The third kappa shape index (κ3) is 4.96. The van der Waals surface area contributed by atoms with E-state index in [-0.39, 0.29) is 24.1 Å². The van der Waals surface area contributed by atoms with Crippen LogP contribution in [0.1, 0.15) is 30.0 Å². The maximum Gasteiger partial charge on any atom is 0.278 e. The first-order valence-corrected chi connectivity index (χ1v) is 11.3. The van der Waals surface area contributed by atoms with Crippen LogP contribution in [0.25, 0.3) is 5.57 Å². The van der Waals surface area contributed by atoms with Gasteiger partial charge in [-0.1, -0.05) is 55.0 Å². The lowest BCUT2D eigenvalue weighted by Gasteiger charge is -2.16. The van der Waals surface area contributed by atoms with Crippen molar-refractivity contribution >= 4 is 23.1 Å². The van der Waals surface area contributed by atoms with Gasteiger partial charge in [-0.25, -0.2) is 0 Å². The highest BCUT2D eigenvalue weighted by molar-refractivity contribution is 6.36. The zero-order valence-electron chi connectivity index (χ0n) is 19.6. The summed E-state index contributed by atoms with van der Waals surface area (Å²) in [6.07, 6.45) is 0.897. The van der Waals surface area contributed by atoms with Crippen LogP contribution in [0.15, 0.2) is 78.5 Å². The summed E-state index contributed by atoms with van der Waals surface area (Å²) in [6, 6.07) is 22.4. The van der Waals surface area contributed by atoms with Crippen molar-refractivity contribution in [1.29, 1.82) is 0 Å². The Bertz CT molecular complexity index is 1210. The fraction of sp³-hybridized carbons (Fsp3) is 0.214. The Balaban J connectivity index is 1.67. The van der Waals surface area contributed by atoms with E-state index >= 15 is 0 Å². The number of carbonyl (C=O) groups is 2. The van der Waals surface area contributed by atoms with Gasteiger partial charge in [0.2, 0.25) is 0 Å². The number of anilines is 1. The van der Waals surface area contributed by atoms with Gasteiger partial charge in [0.25, 0.3) is 11.8 Å². The monoisotopic (exact) mass is 456 g/mol. The third-order valence-electron chi connectivity index (χ3n) is 5.58. The van der Waals surface area contributed by atoms with Crippen LogP contribution in [0.3, 0.4) is 0 Å². The van der Waals surface area contributed by atoms with Gasteiger partial charge in [-0.05, 0) is 48.7 Å². The summed E-state index contributed by atoms with van der Waals surface area (Å²) < 4.78 is 10.9. The molecule has 0 bridgehead atoms. The van der Waals surface area contributed by atoms with E-state index in [1.807, 2.05) is 86.6 Å². The van der Waals surface area contributed by atoms with Crippen molar-refractivity contribution in [2.24, 2.45) is 0 Å². The zero-order chi connectivity index (χ0) is 24.1. The van der Waals surface area contributed by atoms with Crippen molar-refractivity contribution in [2.45, 2.75) is 26.8 Å². The number of ether oxygens (including phenoxy) is 2. The van der Waals surface area contributed by atoms with E-state index in [4.69, 9.17) is 9.47 Å². The normalized spacial score (nSPS) is 13.4. The van der Waals surface area contributed by atoms with Gasteiger partial charge in [0.05, 0.1) is 25.8 Å². The van der Waals surface area contributed by atoms with E-state index in [0.29, 0.717) is 34.9 Å². The first-order chi connectivity index (χ1) is 16.5. The molecular weight excluding hydrogens is 428 g/mol. The van der Waals surface area contributed by atoms with Crippen LogP contribution < -0.4 is 14.8 Å². The zero-order valence-corrected chi connectivity index (χ0v) is 19.6. The highest BCUT2D eigenvalue weighted by Crippen LogP contribution is 2.32. The second-order valence-corrected chi connectivity index (χ2v) is 8.16. The van der Waals surface area contributed by atoms with Gasteiger partial charge in [0, 0.05) is 11.8 Å². The van der Waals surface area contributed by atoms with Gasteiger partial charge >= 0.3 is 0 Å². The molecule has 1 heterocycles. The van der Waals surface area contributed by atoms with E-state index in [0.717, 1.165) is 17.5 Å². The molecule has 0 aliphatic carbocycles. The first kappa shape index (κ1) is 23.1. The van der Waals surface area contributed by atoms with Gasteiger partial charge in [-0.2, -0.15) is 0 Å². The molecule has 34 heavy (non-hydrogen) atoms. The molecule has 0 spiro atoms. The molecule has 0 saturated carbocycles. The summed E-state index contributed by atoms with van der Waals surface area (Å²) in [6.45, 7) is 4.80. The van der Waals surface area contributed by atoms with Crippen LogP contribution in [0.2, 0.25) is 0 Å². The van der Waals surface area contributed by atoms with Crippen molar-refractivity contribution < 1.29 is 19.1 Å². The molecule has 174 valence electrons. The topological polar surface area (TPSA) is 67.9 Å². The molecule has 1 N–H and O–H groups in total. The molecule has 1 aliphatic heterocycles. The number of aryl methyl sites for hydroxylation is 1. The van der Waals surface area contributed by atoms with Crippen molar-refractivity contribution in [1.82, 2.24) is 4.90 Å². The molecule has 4 rings (SSSR count). The molecule has 6 nitrogen and oxygen atoms in total. The molecule has 3 aromatic rings. The second-order valence-electron chi connectivity index (χ2n) is 8.16. The van der Waals surface area contributed by atoms with E-state index < -0.39 is 0 Å². The lowest BCUT2D eigenvalue weighted by Crippen LogP contribution is -2.32. The summed E-state index contributed by atoms with van der Waals surface area (Å²) in [5.74, 6) is 0.729. The number of benzene rings is 3. The van der Waals surface area contributed by atoms with E-state index in [1.54, 1.807) is 7.11 Å². The number of hydrogen-bond donors (Lipinski definition) is 1. The predicted molar refractivity (Wildman–Crippen MR) is 133 cm³/mol. The number of nitrogens with one attached hydrogen (secondary N) is 1. The largest absolute Gasteiger partial charge is 0.497 e. The van der Waals surface area contributed by atoms with E-state index in [9.17, 15) is 9.59 Å². The van der Waals surface area contributed by atoms with Crippen LogP contribution in [-0.2, 0) is 16.1 Å². The SMILES string of the molecule is CCCOc1cccc(NC2=C(c3ccc(C)cc3)C(=O)N(Cc3ccc(OC)cc3)C2=O)c1. The molecule has 3 aromatic carbocycles. The van der Waals surface area contributed by atoms with Crippen molar-refractivity contribution in [2.75, 3.05) is 19.0 Å². The molecule has 0 aromatic heterocycles. The van der Waals surface area contributed by atoms with Crippen LogP contribution in [0.4, 0.5) is 5.69 Å². The fourth-order valence-electron chi connectivity index (χ4n) is 3.77. The van der Waals surface area contributed by atoms with Crippen LogP contribution >= 0.6 is 0 Å². The number of carbonyl (C=O) groups excluding carboxylic acids is 2. The molecule has 0 atom stereocenters. The fourth-order valence-corrected chi connectivity index (χ4v) is 3.77. The molecule has 1 aliphatic rings. The number of nitrogens with zero attached hydrogens (tertiary/aromatic N) is 1. The molecular formula is C28H28N2O4. The molecule has 0 radical (unpaired) electrons. The molecule has 0 unspecified atom stereocenters. The average molecular weight is 457 g/mol. The van der Waals surface area contributed by atoms with Gasteiger partial charge < -0.3 is 14.8 Å². The summed E-state index contributed by atoms with van der Waals surface area (Å²) in [4.78, 5) is 28.3. The van der Waals surface area contributed by atoms with Gasteiger partial charge in [0.15, 0.2) is 0 Å². The van der Waals surface area contributed by atoms with Crippen LogP contribution in [-0.4, -0.2) is 30.4 Å².